The van der Waals surface area contributed by atoms with Crippen molar-refractivity contribution in [1.82, 2.24) is 0 Å². The van der Waals surface area contributed by atoms with Crippen molar-refractivity contribution in [1.29, 1.82) is 0 Å². The Hall–Kier alpha value is -5.04. The third-order valence-corrected chi connectivity index (χ3v) is 5.99. The van der Waals surface area contributed by atoms with Crippen LogP contribution >= 0.6 is 0 Å². The van der Waals surface area contributed by atoms with Crippen LogP contribution in [0.15, 0.2) is 91.0 Å². The van der Waals surface area contributed by atoms with Crippen LogP contribution in [0.2, 0.25) is 0 Å². The number of hydrogen-bond acceptors (Lipinski definition) is 7. The lowest BCUT2D eigenvalue weighted by Gasteiger charge is -2.14. The average Bonchev–Trinajstić information content (AvgIpc) is 2.99. The van der Waals surface area contributed by atoms with Crippen LogP contribution in [0.3, 0.4) is 0 Å². The lowest BCUT2D eigenvalue weighted by atomic mass is 10.0. The first-order valence-corrected chi connectivity index (χ1v) is 12.1. The molecule has 0 aliphatic carbocycles. The molecule has 7 nitrogen and oxygen atoms in total. The van der Waals surface area contributed by atoms with Gasteiger partial charge >= 0.3 is 5.97 Å². The summed E-state index contributed by atoms with van der Waals surface area (Å²) in [6.45, 7) is 0. The minimum atomic E-state index is -0.634. The second-order valence-electron chi connectivity index (χ2n) is 8.35. The zero-order valence-electron chi connectivity index (χ0n) is 22.1. The molecule has 0 fully saturated rings. The van der Waals surface area contributed by atoms with Crippen LogP contribution < -0.4 is 23.7 Å². The van der Waals surface area contributed by atoms with E-state index in [4.69, 9.17) is 23.7 Å². The van der Waals surface area contributed by atoms with Crippen LogP contribution in [0.1, 0.15) is 26.3 Å². The lowest BCUT2D eigenvalue weighted by molar-refractivity contribution is 0.0728. The molecule has 0 unspecified atom stereocenters. The van der Waals surface area contributed by atoms with Gasteiger partial charge in [0, 0.05) is 5.56 Å². The first-order valence-electron chi connectivity index (χ1n) is 12.1. The van der Waals surface area contributed by atoms with E-state index in [1.807, 2.05) is 42.5 Å². The van der Waals surface area contributed by atoms with Gasteiger partial charge in [-0.05, 0) is 47.0 Å². The van der Waals surface area contributed by atoms with E-state index < -0.39 is 5.97 Å². The van der Waals surface area contributed by atoms with E-state index in [0.717, 1.165) is 11.1 Å². The summed E-state index contributed by atoms with van der Waals surface area (Å²) in [5.74, 6) is 0.809. The summed E-state index contributed by atoms with van der Waals surface area (Å²) in [7, 11) is 5.88. The van der Waals surface area contributed by atoms with Crippen LogP contribution in [0.5, 0.6) is 28.7 Å². The first-order chi connectivity index (χ1) is 19.0. The Balaban J connectivity index is 1.48. The second kappa shape index (κ2) is 12.5. The molecule has 0 bridgehead atoms. The topological polar surface area (TPSA) is 80.3 Å². The van der Waals surface area contributed by atoms with Gasteiger partial charge in [0.05, 0.1) is 34.0 Å². The summed E-state index contributed by atoms with van der Waals surface area (Å²) in [5.41, 5.74) is 3.62. The number of hydrogen-bond donors (Lipinski definition) is 0. The van der Waals surface area contributed by atoms with Crippen molar-refractivity contribution in [2.24, 2.45) is 0 Å². The molecule has 0 saturated heterocycles. The van der Waals surface area contributed by atoms with Crippen molar-refractivity contribution in [2.75, 3.05) is 28.4 Å². The SMILES string of the molecule is COc1cc(C=CC(=O)c2ccc(-c3ccccc3)cc2)ccc1OC(=O)c1cc(OC)c(OC)c(OC)c1. The van der Waals surface area contributed by atoms with E-state index in [0.29, 0.717) is 34.1 Å². The van der Waals surface area contributed by atoms with Crippen molar-refractivity contribution < 1.29 is 33.3 Å². The molecule has 0 aliphatic rings. The minimum Gasteiger partial charge on any atom is -0.493 e. The van der Waals surface area contributed by atoms with E-state index in [1.165, 1.54) is 46.6 Å². The van der Waals surface area contributed by atoms with E-state index >= 15 is 0 Å². The molecule has 0 aliphatic heterocycles. The molecular formula is C32H28O7. The molecule has 0 radical (unpaired) electrons. The number of methoxy groups -OCH3 is 4. The highest BCUT2D eigenvalue weighted by Crippen LogP contribution is 2.39. The molecule has 0 heterocycles. The number of carbonyl (C=O) groups excluding carboxylic acids is 2. The summed E-state index contributed by atoms with van der Waals surface area (Å²) in [5, 5.41) is 0. The van der Waals surface area contributed by atoms with Gasteiger partial charge in [-0.2, -0.15) is 0 Å². The maximum Gasteiger partial charge on any atom is 0.343 e. The van der Waals surface area contributed by atoms with Crippen molar-refractivity contribution in [3.63, 3.8) is 0 Å². The fourth-order valence-corrected chi connectivity index (χ4v) is 3.96. The number of benzene rings is 4. The van der Waals surface area contributed by atoms with Crippen LogP contribution in [0.4, 0.5) is 0 Å². The summed E-state index contributed by atoms with van der Waals surface area (Å²) in [6, 6.07) is 25.5. The predicted octanol–water partition coefficient (Wildman–Crippen LogP) is 6.50. The number of esters is 1. The van der Waals surface area contributed by atoms with Crippen LogP contribution in [0, 0.1) is 0 Å². The highest BCUT2D eigenvalue weighted by Gasteiger charge is 2.19. The Morgan fingerprint density at radius 3 is 1.79 bits per heavy atom. The molecule has 4 aromatic rings. The van der Waals surface area contributed by atoms with E-state index in [2.05, 4.69) is 0 Å². The van der Waals surface area contributed by atoms with Crippen LogP contribution in [-0.4, -0.2) is 40.2 Å². The molecule has 0 spiro atoms. The smallest absolute Gasteiger partial charge is 0.343 e. The number of rotatable bonds is 10. The quantitative estimate of drug-likeness (QED) is 0.101. The fraction of sp³-hybridized carbons (Fsp3) is 0.125. The van der Waals surface area contributed by atoms with Crippen molar-refractivity contribution >= 4 is 17.8 Å². The van der Waals surface area contributed by atoms with E-state index in [-0.39, 0.29) is 17.1 Å². The number of allylic oxidation sites excluding steroid dienone is 1. The van der Waals surface area contributed by atoms with E-state index in [1.54, 1.807) is 36.4 Å². The maximum atomic E-state index is 12.9. The van der Waals surface area contributed by atoms with Gasteiger partial charge in [-0.1, -0.05) is 66.7 Å². The molecule has 7 heteroatoms. The molecule has 4 aromatic carbocycles. The lowest BCUT2D eigenvalue weighted by Crippen LogP contribution is -2.10. The number of carbonyl (C=O) groups is 2. The molecule has 0 aromatic heterocycles. The second-order valence-corrected chi connectivity index (χ2v) is 8.35. The summed E-state index contributed by atoms with van der Waals surface area (Å²) in [6.07, 6.45) is 3.18. The van der Waals surface area contributed by atoms with Gasteiger partial charge in [0.2, 0.25) is 5.75 Å². The normalized spacial score (nSPS) is 10.7. The van der Waals surface area contributed by atoms with Crippen LogP contribution in [0.25, 0.3) is 17.2 Å². The zero-order chi connectivity index (χ0) is 27.8. The zero-order valence-corrected chi connectivity index (χ0v) is 22.1. The third-order valence-electron chi connectivity index (χ3n) is 5.99. The first kappa shape index (κ1) is 27.0. The molecule has 0 atom stereocenters. The molecular weight excluding hydrogens is 496 g/mol. The van der Waals surface area contributed by atoms with Crippen molar-refractivity contribution in [3.8, 4) is 39.9 Å². The van der Waals surface area contributed by atoms with Crippen molar-refractivity contribution in [3.05, 3.63) is 108 Å². The van der Waals surface area contributed by atoms with Gasteiger partial charge in [-0.3, -0.25) is 4.79 Å². The molecule has 198 valence electrons. The van der Waals surface area contributed by atoms with Gasteiger partial charge in [0.25, 0.3) is 0 Å². The Bertz CT molecular complexity index is 1460. The van der Waals surface area contributed by atoms with Gasteiger partial charge < -0.3 is 23.7 Å². The minimum absolute atomic E-state index is 0.133. The summed E-state index contributed by atoms with van der Waals surface area (Å²) >= 11 is 0. The Kier molecular flexibility index (Phi) is 8.64. The Morgan fingerprint density at radius 1 is 0.590 bits per heavy atom. The molecule has 0 N–H and O–H groups in total. The highest BCUT2D eigenvalue weighted by atomic mass is 16.6. The molecule has 39 heavy (non-hydrogen) atoms. The summed E-state index contributed by atoms with van der Waals surface area (Å²) in [4.78, 5) is 25.6. The Labute approximate surface area is 227 Å². The molecule has 4 rings (SSSR count). The predicted molar refractivity (Wildman–Crippen MR) is 149 cm³/mol. The monoisotopic (exact) mass is 524 g/mol. The fourth-order valence-electron chi connectivity index (χ4n) is 3.96. The molecule has 0 amide bonds. The Morgan fingerprint density at radius 2 is 1.21 bits per heavy atom. The number of ether oxygens (including phenoxy) is 5. The third kappa shape index (κ3) is 6.27. The van der Waals surface area contributed by atoms with E-state index in [9.17, 15) is 9.59 Å². The standard InChI is InChI=1S/C32H28O7/c1-35-28-18-21(10-16-26(33)24-14-12-23(13-15-24)22-8-6-5-7-9-22)11-17-27(28)39-32(34)25-19-29(36-2)31(38-4)30(20-25)37-3/h5-20H,1-4H3. The van der Waals surface area contributed by atoms with Crippen molar-refractivity contribution in [2.45, 2.75) is 0 Å². The maximum absolute atomic E-state index is 12.9. The summed E-state index contributed by atoms with van der Waals surface area (Å²) < 4.78 is 26.9. The van der Waals surface area contributed by atoms with Crippen LogP contribution in [-0.2, 0) is 0 Å². The molecule has 0 saturated carbocycles. The average molecular weight is 525 g/mol. The van der Waals surface area contributed by atoms with Gasteiger partial charge in [-0.25, -0.2) is 4.79 Å². The number of ketones is 1. The van der Waals surface area contributed by atoms with Gasteiger partial charge in [-0.15, -0.1) is 0 Å². The van der Waals surface area contributed by atoms with Gasteiger partial charge in [0.1, 0.15) is 0 Å². The van der Waals surface area contributed by atoms with Gasteiger partial charge in [0.15, 0.2) is 28.8 Å². The largest absolute Gasteiger partial charge is 0.493 e. The highest BCUT2D eigenvalue weighted by molar-refractivity contribution is 6.07.